The van der Waals surface area contributed by atoms with Gasteiger partial charge in [0.05, 0.1) is 0 Å². The lowest BCUT2D eigenvalue weighted by Gasteiger charge is -2.20. The highest BCUT2D eigenvalue weighted by Gasteiger charge is 2.14. The fraction of sp³-hybridized carbons (Fsp3) is 0.769. The fourth-order valence-electron chi connectivity index (χ4n) is 1.46. The zero-order chi connectivity index (χ0) is 15.8. The van der Waals surface area contributed by atoms with Gasteiger partial charge in [-0.15, -0.1) is 0 Å². The van der Waals surface area contributed by atoms with Gasteiger partial charge in [0.15, 0.2) is 0 Å². The lowest BCUT2D eigenvalue weighted by Crippen LogP contribution is -2.44. The molecule has 7 heteroatoms. The average Bonchev–Trinajstić information content (AvgIpc) is 2.23. The van der Waals surface area contributed by atoms with Crippen molar-refractivity contribution in [3.63, 3.8) is 0 Å². The first-order valence-electron chi connectivity index (χ1n) is 6.67. The smallest absolute Gasteiger partial charge is 0.315 e. The molecule has 0 aromatic rings. The molecule has 0 aromatic heterocycles. The first kappa shape index (κ1) is 18.2. The molecule has 0 spiro atoms. The molecule has 0 aliphatic carbocycles. The van der Waals surface area contributed by atoms with Gasteiger partial charge >= 0.3 is 12.0 Å². The Bertz CT molecular complexity index is 350. The summed E-state index contributed by atoms with van der Waals surface area (Å²) >= 11 is 0. The first-order valence-corrected chi connectivity index (χ1v) is 6.67. The van der Waals surface area contributed by atoms with E-state index in [1.54, 1.807) is 6.92 Å². The molecule has 0 saturated carbocycles. The summed E-state index contributed by atoms with van der Waals surface area (Å²) in [5.74, 6) is -1.02. The van der Waals surface area contributed by atoms with Crippen LogP contribution in [0, 0.1) is 0 Å². The lowest BCUT2D eigenvalue weighted by atomic mass is 10.1. The van der Waals surface area contributed by atoms with Crippen molar-refractivity contribution in [2.24, 2.45) is 0 Å². The van der Waals surface area contributed by atoms with E-state index in [0.717, 1.165) is 0 Å². The van der Waals surface area contributed by atoms with Gasteiger partial charge in [-0.1, -0.05) is 0 Å². The van der Waals surface area contributed by atoms with Crippen molar-refractivity contribution in [2.45, 2.75) is 58.5 Å². The van der Waals surface area contributed by atoms with E-state index in [0.29, 0.717) is 6.42 Å². The van der Waals surface area contributed by atoms with Crippen LogP contribution in [0.15, 0.2) is 0 Å². The predicted molar refractivity (Wildman–Crippen MR) is 75.4 cm³/mol. The van der Waals surface area contributed by atoms with Crippen molar-refractivity contribution in [1.82, 2.24) is 16.0 Å². The van der Waals surface area contributed by atoms with Crippen LogP contribution in [0.4, 0.5) is 4.79 Å². The number of carbonyl (C=O) groups excluding carboxylic acids is 2. The van der Waals surface area contributed by atoms with E-state index in [1.807, 2.05) is 20.8 Å². The van der Waals surface area contributed by atoms with Crippen molar-refractivity contribution >= 4 is 17.9 Å². The summed E-state index contributed by atoms with van der Waals surface area (Å²) in [5.41, 5.74) is -0.287. The second-order valence-corrected chi connectivity index (χ2v) is 5.78. The van der Waals surface area contributed by atoms with E-state index in [9.17, 15) is 14.4 Å². The molecule has 4 N–H and O–H groups in total. The third-order valence-corrected chi connectivity index (χ3v) is 2.32. The van der Waals surface area contributed by atoms with Crippen molar-refractivity contribution in [1.29, 1.82) is 0 Å². The minimum Gasteiger partial charge on any atom is -0.481 e. The van der Waals surface area contributed by atoms with Crippen LogP contribution in [0.2, 0.25) is 0 Å². The monoisotopic (exact) mass is 287 g/mol. The minimum atomic E-state index is -0.891. The Morgan fingerprint density at radius 3 is 2.25 bits per heavy atom. The molecule has 1 unspecified atom stereocenters. The van der Waals surface area contributed by atoms with E-state index in [4.69, 9.17) is 5.11 Å². The number of carbonyl (C=O) groups is 3. The Kier molecular flexibility index (Phi) is 7.64. The van der Waals surface area contributed by atoms with E-state index in [1.165, 1.54) is 0 Å². The Morgan fingerprint density at radius 2 is 1.75 bits per heavy atom. The summed E-state index contributed by atoms with van der Waals surface area (Å²) in [5, 5.41) is 16.5. The van der Waals surface area contributed by atoms with Crippen molar-refractivity contribution in [3.8, 4) is 0 Å². The number of carboxylic acids is 1. The molecular weight excluding hydrogens is 262 g/mol. The molecule has 0 fully saturated rings. The van der Waals surface area contributed by atoms with Crippen LogP contribution in [-0.2, 0) is 9.59 Å². The number of hydrogen-bond donors (Lipinski definition) is 4. The van der Waals surface area contributed by atoms with Gasteiger partial charge in [-0.2, -0.15) is 0 Å². The van der Waals surface area contributed by atoms with Gasteiger partial charge in [-0.05, 0) is 34.1 Å². The molecule has 116 valence electrons. The number of urea groups is 1. The van der Waals surface area contributed by atoms with Crippen molar-refractivity contribution in [3.05, 3.63) is 0 Å². The quantitative estimate of drug-likeness (QED) is 0.556. The third-order valence-electron chi connectivity index (χ3n) is 2.32. The zero-order valence-electron chi connectivity index (χ0n) is 12.6. The summed E-state index contributed by atoms with van der Waals surface area (Å²) in [7, 11) is 0. The molecule has 0 aliphatic heterocycles. The Labute approximate surface area is 119 Å². The van der Waals surface area contributed by atoms with E-state index < -0.39 is 12.0 Å². The van der Waals surface area contributed by atoms with Crippen LogP contribution >= 0.6 is 0 Å². The van der Waals surface area contributed by atoms with Crippen LogP contribution in [-0.4, -0.2) is 41.1 Å². The normalized spacial score (nSPS) is 12.4. The number of carboxylic acid groups (broad SMARTS) is 1. The molecule has 0 heterocycles. The predicted octanol–water partition coefficient (Wildman–Crippen LogP) is 0.844. The van der Waals surface area contributed by atoms with Gasteiger partial charge in [0.1, 0.15) is 0 Å². The summed E-state index contributed by atoms with van der Waals surface area (Å²) in [6.07, 6.45) is 0.580. The number of rotatable bonds is 7. The summed E-state index contributed by atoms with van der Waals surface area (Å²) in [6, 6.07) is -0.624. The highest BCUT2D eigenvalue weighted by Crippen LogP contribution is 1.99. The zero-order valence-corrected chi connectivity index (χ0v) is 12.6. The van der Waals surface area contributed by atoms with Crippen molar-refractivity contribution in [2.75, 3.05) is 6.54 Å². The molecule has 7 nitrogen and oxygen atoms in total. The van der Waals surface area contributed by atoms with Gasteiger partial charge in [-0.3, -0.25) is 9.59 Å². The molecule has 1 atom stereocenters. The second kappa shape index (κ2) is 8.39. The molecule has 3 amide bonds. The average molecular weight is 287 g/mol. The Hall–Kier alpha value is -1.79. The van der Waals surface area contributed by atoms with Gasteiger partial charge in [-0.25, -0.2) is 4.79 Å². The largest absolute Gasteiger partial charge is 0.481 e. The summed E-state index contributed by atoms with van der Waals surface area (Å²) < 4.78 is 0. The summed E-state index contributed by atoms with van der Waals surface area (Å²) in [4.78, 5) is 33.3. The molecule has 0 bridgehead atoms. The van der Waals surface area contributed by atoms with Gasteiger partial charge < -0.3 is 21.1 Å². The van der Waals surface area contributed by atoms with E-state index >= 15 is 0 Å². The maximum Gasteiger partial charge on any atom is 0.315 e. The number of amides is 3. The topological polar surface area (TPSA) is 108 Å². The van der Waals surface area contributed by atoms with Crippen LogP contribution in [0.5, 0.6) is 0 Å². The van der Waals surface area contributed by atoms with Crippen molar-refractivity contribution < 1.29 is 19.5 Å². The number of aliphatic carboxylic acids is 1. The molecule has 0 aromatic carbocycles. The molecule has 0 saturated heterocycles. The lowest BCUT2D eigenvalue weighted by molar-refractivity contribution is -0.137. The standard InChI is InChI=1S/C13H25N3O4/c1-9(5-6-11(18)19)15-12(20)14-8-7-10(17)16-13(2,3)4/h9H,5-8H2,1-4H3,(H,16,17)(H,18,19)(H2,14,15,20). The van der Waals surface area contributed by atoms with Crippen LogP contribution in [0.3, 0.4) is 0 Å². The first-order chi connectivity index (χ1) is 9.10. The fourth-order valence-corrected chi connectivity index (χ4v) is 1.46. The van der Waals surface area contributed by atoms with E-state index in [-0.39, 0.29) is 36.9 Å². The molecule has 0 aliphatic rings. The van der Waals surface area contributed by atoms with Crippen LogP contribution < -0.4 is 16.0 Å². The van der Waals surface area contributed by atoms with Crippen LogP contribution in [0.1, 0.15) is 47.0 Å². The minimum absolute atomic E-state index is 0.00936. The van der Waals surface area contributed by atoms with Gasteiger partial charge in [0.2, 0.25) is 5.91 Å². The van der Waals surface area contributed by atoms with Gasteiger partial charge in [0.25, 0.3) is 0 Å². The highest BCUT2D eigenvalue weighted by molar-refractivity contribution is 5.78. The van der Waals surface area contributed by atoms with Gasteiger partial charge in [0, 0.05) is 31.0 Å². The number of nitrogens with one attached hydrogen (secondary N) is 3. The number of hydrogen-bond acceptors (Lipinski definition) is 3. The molecule has 0 rings (SSSR count). The molecular formula is C13H25N3O4. The molecule has 0 radical (unpaired) electrons. The Balaban J connectivity index is 3.78. The Morgan fingerprint density at radius 1 is 1.15 bits per heavy atom. The second-order valence-electron chi connectivity index (χ2n) is 5.78. The summed E-state index contributed by atoms with van der Waals surface area (Å²) in [6.45, 7) is 7.62. The maximum absolute atomic E-state index is 11.5. The highest BCUT2D eigenvalue weighted by atomic mass is 16.4. The molecule has 20 heavy (non-hydrogen) atoms. The third kappa shape index (κ3) is 11.3. The maximum atomic E-state index is 11.5. The van der Waals surface area contributed by atoms with E-state index in [2.05, 4.69) is 16.0 Å². The van der Waals surface area contributed by atoms with Crippen LogP contribution in [0.25, 0.3) is 0 Å². The SMILES string of the molecule is CC(CCC(=O)O)NC(=O)NCCC(=O)NC(C)(C)C.